The highest BCUT2D eigenvalue weighted by molar-refractivity contribution is 5.70. The molecule has 0 fully saturated rings. The molecule has 0 aliphatic carbocycles. The molecule has 5 heteroatoms. The first kappa shape index (κ1) is 17.4. The first-order valence-electron chi connectivity index (χ1n) is 6.31. The molecule has 108 valence electrons. The molecule has 2 N–H and O–H groups in total. The van der Waals surface area contributed by atoms with Crippen LogP contribution in [-0.2, 0) is 9.53 Å². The van der Waals surface area contributed by atoms with Gasteiger partial charge in [0.15, 0.2) is 0 Å². The van der Waals surface area contributed by atoms with Crippen molar-refractivity contribution in [2.75, 3.05) is 33.7 Å². The highest BCUT2D eigenvalue weighted by Gasteiger charge is 2.21. The summed E-state index contributed by atoms with van der Waals surface area (Å²) in [5.41, 5.74) is -1.23. The zero-order valence-electron chi connectivity index (χ0n) is 12.5. The topological polar surface area (TPSA) is 61.8 Å². The maximum atomic E-state index is 11.4. The van der Waals surface area contributed by atoms with E-state index >= 15 is 0 Å². The van der Waals surface area contributed by atoms with Crippen LogP contribution < -0.4 is 5.32 Å². The quantitative estimate of drug-likeness (QED) is 0.519. The highest BCUT2D eigenvalue weighted by atomic mass is 16.6. The standard InChI is InChI=1S/C13H28N2O3/c1-12(2,3)18-11(16)7-8-14-9-13(4,17)10-15(5)6/h14,17H,7-10H2,1-6H3. The van der Waals surface area contributed by atoms with Crippen LogP contribution in [0.3, 0.4) is 0 Å². The van der Waals surface area contributed by atoms with Crippen molar-refractivity contribution in [2.24, 2.45) is 0 Å². The van der Waals surface area contributed by atoms with E-state index in [-0.39, 0.29) is 5.97 Å². The Morgan fingerprint density at radius 3 is 2.28 bits per heavy atom. The summed E-state index contributed by atoms with van der Waals surface area (Å²) in [6.07, 6.45) is 0.315. The molecule has 0 aromatic carbocycles. The Kier molecular flexibility index (Phi) is 6.81. The van der Waals surface area contributed by atoms with E-state index in [0.717, 1.165) is 0 Å². The number of carbonyl (C=O) groups is 1. The van der Waals surface area contributed by atoms with Gasteiger partial charge in [-0.2, -0.15) is 0 Å². The molecule has 0 aromatic rings. The lowest BCUT2D eigenvalue weighted by molar-refractivity contribution is -0.154. The SMILES string of the molecule is CN(C)CC(C)(O)CNCCC(=O)OC(C)(C)C. The van der Waals surface area contributed by atoms with Crippen LogP contribution in [0.15, 0.2) is 0 Å². The molecular weight excluding hydrogens is 232 g/mol. The predicted octanol–water partition coefficient (Wildman–Crippen LogP) is 0.620. The second kappa shape index (κ2) is 7.07. The molecule has 0 aliphatic heterocycles. The molecule has 5 nitrogen and oxygen atoms in total. The number of carbonyl (C=O) groups excluding carboxylic acids is 1. The van der Waals surface area contributed by atoms with Crippen LogP contribution >= 0.6 is 0 Å². The van der Waals surface area contributed by atoms with Crippen molar-refractivity contribution in [2.45, 2.75) is 45.3 Å². The van der Waals surface area contributed by atoms with Gasteiger partial charge in [-0.05, 0) is 41.8 Å². The summed E-state index contributed by atoms with van der Waals surface area (Å²) in [5.74, 6) is -0.220. The van der Waals surface area contributed by atoms with E-state index in [4.69, 9.17) is 4.74 Å². The highest BCUT2D eigenvalue weighted by Crippen LogP contribution is 2.08. The van der Waals surface area contributed by atoms with Crippen LogP contribution in [-0.4, -0.2) is 60.9 Å². The van der Waals surface area contributed by atoms with Crippen LogP contribution in [0.25, 0.3) is 0 Å². The van der Waals surface area contributed by atoms with Gasteiger partial charge in [0.2, 0.25) is 0 Å². The van der Waals surface area contributed by atoms with Crippen molar-refractivity contribution in [3.63, 3.8) is 0 Å². The van der Waals surface area contributed by atoms with Crippen molar-refractivity contribution in [1.82, 2.24) is 10.2 Å². The summed E-state index contributed by atoms with van der Waals surface area (Å²) >= 11 is 0. The number of nitrogens with zero attached hydrogens (tertiary/aromatic N) is 1. The number of nitrogens with one attached hydrogen (secondary N) is 1. The van der Waals surface area contributed by atoms with Gasteiger partial charge in [0.25, 0.3) is 0 Å². The molecule has 0 amide bonds. The minimum atomic E-state index is -0.794. The fraction of sp³-hybridized carbons (Fsp3) is 0.923. The van der Waals surface area contributed by atoms with Gasteiger partial charge in [-0.25, -0.2) is 0 Å². The maximum Gasteiger partial charge on any atom is 0.307 e. The van der Waals surface area contributed by atoms with E-state index in [2.05, 4.69) is 5.32 Å². The van der Waals surface area contributed by atoms with E-state index in [1.165, 1.54) is 0 Å². The first-order valence-corrected chi connectivity index (χ1v) is 6.31. The summed E-state index contributed by atoms with van der Waals surface area (Å²) < 4.78 is 5.18. The number of rotatable bonds is 7. The van der Waals surface area contributed by atoms with Gasteiger partial charge in [0.05, 0.1) is 12.0 Å². The largest absolute Gasteiger partial charge is 0.460 e. The molecule has 0 rings (SSSR count). The maximum absolute atomic E-state index is 11.4. The van der Waals surface area contributed by atoms with Gasteiger partial charge in [0, 0.05) is 19.6 Å². The molecule has 0 heterocycles. The average molecular weight is 260 g/mol. The third-order valence-corrected chi connectivity index (χ3v) is 2.09. The number of ether oxygens (including phenoxy) is 1. The minimum Gasteiger partial charge on any atom is -0.460 e. The van der Waals surface area contributed by atoms with E-state index in [1.54, 1.807) is 6.92 Å². The number of aliphatic hydroxyl groups is 1. The molecular formula is C13H28N2O3. The molecule has 0 radical (unpaired) electrons. The Labute approximate surface area is 110 Å². The molecule has 0 saturated heterocycles. The number of likely N-dealkylation sites (N-methyl/N-ethyl adjacent to an activating group) is 1. The lowest BCUT2D eigenvalue weighted by Crippen LogP contribution is -2.46. The van der Waals surface area contributed by atoms with E-state index < -0.39 is 11.2 Å². The Balaban J connectivity index is 3.77. The third kappa shape index (κ3) is 10.5. The van der Waals surface area contributed by atoms with Crippen molar-refractivity contribution < 1.29 is 14.6 Å². The van der Waals surface area contributed by atoms with Crippen LogP contribution in [0, 0.1) is 0 Å². The minimum absolute atomic E-state index is 0.220. The molecule has 1 atom stereocenters. The molecule has 1 unspecified atom stereocenters. The lowest BCUT2D eigenvalue weighted by Gasteiger charge is -2.27. The summed E-state index contributed by atoms with van der Waals surface area (Å²) in [7, 11) is 3.82. The van der Waals surface area contributed by atoms with Gasteiger partial charge in [-0.15, -0.1) is 0 Å². The Hall–Kier alpha value is -0.650. The van der Waals surface area contributed by atoms with Crippen LogP contribution in [0.2, 0.25) is 0 Å². The van der Waals surface area contributed by atoms with Gasteiger partial charge < -0.3 is 20.1 Å². The fourth-order valence-electron chi connectivity index (χ4n) is 1.68. The van der Waals surface area contributed by atoms with E-state index in [0.29, 0.717) is 26.1 Å². The lowest BCUT2D eigenvalue weighted by atomic mass is 10.1. The van der Waals surface area contributed by atoms with E-state index in [1.807, 2.05) is 39.8 Å². The van der Waals surface area contributed by atoms with Gasteiger partial charge in [0.1, 0.15) is 5.60 Å². The smallest absolute Gasteiger partial charge is 0.307 e. The Morgan fingerprint density at radius 1 is 1.28 bits per heavy atom. The molecule has 0 spiro atoms. The van der Waals surface area contributed by atoms with Gasteiger partial charge in [-0.1, -0.05) is 0 Å². The van der Waals surface area contributed by atoms with Crippen LogP contribution in [0.5, 0.6) is 0 Å². The molecule has 0 bridgehead atoms. The fourth-order valence-corrected chi connectivity index (χ4v) is 1.68. The van der Waals surface area contributed by atoms with Crippen molar-refractivity contribution in [3.05, 3.63) is 0 Å². The van der Waals surface area contributed by atoms with E-state index in [9.17, 15) is 9.90 Å². The van der Waals surface area contributed by atoms with Crippen molar-refractivity contribution in [3.8, 4) is 0 Å². The second-order valence-electron chi connectivity index (χ2n) is 6.25. The predicted molar refractivity (Wildman–Crippen MR) is 72.5 cm³/mol. The Morgan fingerprint density at radius 2 is 1.83 bits per heavy atom. The van der Waals surface area contributed by atoms with Gasteiger partial charge in [-0.3, -0.25) is 4.79 Å². The second-order valence-corrected chi connectivity index (χ2v) is 6.25. The van der Waals surface area contributed by atoms with Gasteiger partial charge >= 0.3 is 5.97 Å². The number of hydrogen-bond donors (Lipinski definition) is 2. The molecule has 0 saturated carbocycles. The summed E-state index contributed by atoms with van der Waals surface area (Å²) in [6, 6.07) is 0. The summed E-state index contributed by atoms with van der Waals surface area (Å²) in [4.78, 5) is 13.4. The average Bonchev–Trinajstić information content (AvgIpc) is 2.07. The molecule has 0 aliphatic rings. The normalized spacial score (nSPS) is 15.6. The van der Waals surface area contributed by atoms with Crippen molar-refractivity contribution >= 4 is 5.97 Å². The number of hydrogen-bond acceptors (Lipinski definition) is 5. The number of esters is 1. The van der Waals surface area contributed by atoms with Crippen LogP contribution in [0.4, 0.5) is 0 Å². The van der Waals surface area contributed by atoms with Crippen molar-refractivity contribution in [1.29, 1.82) is 0 Å². The zero-order valence-corrected chi connectivity index (χ0v) is 12.5. The third-order valence-electron chi connectivity index (χ3n) is 2.09. The summed E-state index contributed by atoms with van der Waals surface area (Å²) in [5, 5.41) is 13.1. The molecule has 0 aromatic heterocycles. The summed E-state index contributed by atoms with van der Waals surface area (Å²) in [6.45, 7) is 8.85. The van der Waals surface area contributed by atoms with Crippen LogP contribution in [0.1, 0.15) is 34.1 Å². The zero-order chi connectivity index (χ0) is 14.4. The monoisotopic (exact) mass is 260 g/mol. The molecule has 18 heavy (non-hydrogen) atoms. The Bertz CT molecular complexity index is 257. The first-order chi connectivity index (χ1) is 8.02.